The molecule has 0 aliphatic heterocycles. The zero-order valence-corrected chi connectivity index (χ0v) is 6.86. The van der Waals surface area contributed by atoms with Crippen LogP contribution >= 0.6 is 0 Å². The molecule has 1 rings (SSSR count). The van der Waals surface area contributed by atoms with Gasteiger partial charge in [-0.15, -0.1) is 0 Å². The fourth-order valence-corrected chi connectivity index (χ4v) is 1.52. The smallest absolute Gasteiger partial charge is 0.251 e. The summed E-state index contributed by atoms with van der Waals surface area (Å²) in [7, 11) is 0. The minimum atomic E-state index is -2.57. The number of nitrogens with one attached hydrogen (secondary N) is 1. The monoisotopic (exact) mass is 178 g/mol. The molecule has 0 aromatic carbocycles. The number of rotatable bonds is 3. The molecule has 0 bridgehead atoms. The Hall–Kier alpha value is -0.710. The average molecular weight is 178 g/mol. The molecule has 3 N–H and O–H groups in total. The predicted molar refractivity (Wildman–Crippen MR) is 39.8 cm³/mol. The number of carbonyl (C=O) groups excluding carboxylic acids is 1. The van der Waals surface area contributed by atoms with Crippen molar-refractivity contribution in [2.45, 2.75) is 31.2 Å². The molecule has 0 unspecified atom stereocenters. The Morgan fingerprint density at radius 2 is 2.08 bits per heavy atom. The number of primary amides is 1. The maximum Gasteiger partial charge on any atom is 0.251 e. The highest BCUT2D eigenvalue weighted by atomic mass is 19.3. The Balaban J connectivity index is 2.30. The van der Waals surface area contributed by atoms with E-state index in [0.29, 0.717) is 0 Å². The molecular weight excluding hydrogens is 166 g/mol. The minimum absolute atomic E-state index is 0.0351. The maximum atomic E-state index is 12.4. The van der Waals surface area contributed by atoms with Crippen LogP contribution in [0.4, 0.5) is 8.78 Å². The Morgan fingerprint density at radius 3 is 2.42 bits per heavy atom. The van der Waals surface area contributed by atoms with Crippen LogP contribution in [0.25, 0.3) is 0 Å². The van der Waals surface area contributed by atoms with Gasteiger partial charge in [0.05, 0.1) is 6.54 Å². The average Bonchev–Trinajstić information content (AvgIpc) is 1.79. The van der Waals surface area contributed by atoms with Crippen molar-refractivity contribution < 1.29 is 13.6 Å². The van der Waals surface area contributed by atoms with Crippen molar-refractivity contribution in [1.82, 2.24) is 5.32 Å². The molecule has 70 valence electrons. The molecule has 0 aromatic rings. The summed E-state index contributed by atoms with van der Waals surface area (Å²) in [6.45, 7) is 1.62. The lowest BCUT2D eigenvalue weighted by Gasteiger charge is -2.45. The fourth-order valence-electron chi connectivity index (χ4n) is 1.52. The highest BCUT2D eigenvalue weighted by Gasteiger charge is 2.53. The van der Waals surface area contributed by atoms with E-state index in [1.165, 1.54) is 0 Å². The van der Waals surface area contributed by atoms with Crippen molar-refractivity contribution in [1.29, 1.82) is 0 Å². The minimum Gasteiger partial charge on any atom is -0.369 e. The Morgan fingerprint density at radius 1 is 1.58 bits per heavy atom. The van der Waals surface area contributed by atoms with Gasteiger partial charge in [-0.05, 0) is 6.92 Å². The van der Waals surface area contributed by atoms with E-state index in [1.807, 2.05) is 0 Å². The molecular formula is C7H12F2N2O. The highest BCUT2D eigenvalue weighted by molar-refractivity contribution is 5.76. The van der Waals surface area contributed by atoms with E-state index in [1.54, 1.807) is 6.92 Å². The van der Waals surface area contributed by atoms with E-state index in [0.717, 1.165) is 0 Å². The number of carbonyl (C=O) groups is 1. The van der Waals surface area contributed by atoms with E-state index >= 15 is 0 Å². The van der Waals surface area contributed by atoms with Gasteiger partial charge in [-0.3, -0.25) is 4.79 Å². The molecule has 1 fully saturated rings. The number of nitrogens with two attached hydrogens (primary N) is 1. The number of alkyl halides is 2. The van der Waals surface area contributed by atoms with Crippen LogP contribution in [0.1, 0.15) is 19.8 Å². The third-order valence-corrected chi connectivity index (χ3v) is 1.99. The van der Waals surface area contributed by atoms with Gasteiger partial charge < -0.3 is 11.1 Å². The van der Waals surface area contributed by atoms with Crippen LogP contribution < -0.4 is 11.1 Å². The zero-order valence-electron chi connectivity index (χ0n) is 6.86. The Labute approximate surface area is 69.3 Å². The predicted octanol–water partition coefficient (Wildman–Crippen LogP) is 0.249. The largest absolute Gasteiger partial charge is 0.369 e. The van der Waals surface area contributed by atoms with Gasteiger partial charge >= 0.3 is 0 Å². The SMILES string of the molecule is CC1(NCC(N)=O)CC(F)(F)C1. The maximum absolute atomic E-state index is 12.4. The molecule has 3 nitrogen and oxygen atoms in total. The molecule has 12 heavy (non-hydrogen) atoms. The van der Waals surface area contributed by atoms with Crippen LogP contribution in [0.15, 0.2) is 0 Å². The Kier molecular flexibility index (Phi) is 2.07. The summed E-state index contributed by atoms with van der Waals surface area (Å²) in [6.07, 6.45) is -0.430. The van der Waals surface area contributed by atoms with Gasteiger partial charge in [0.25, 0.3) is 5.92 Å². The summed E-state index contributed by atoms with van der Waals surface area (Å²) in [6, 6.07) is 0. The summed E-state index contributed by atoms with van der Waals surface area (Å²) >= 11 is 0. The summed E-state index contributed by atoms with van der Waals surface area (Å²) in [5.41, 5.74) is 4.24. The lowest BCUT2D eigenvalue weighted by Crippen LogP contribution is -2.60. The molecule has 1 saturated carbocycles. The first-order chi connectivity index (χ1) is 5.33. The molecule has 0 spiro atoms. The van der Waals surface area contributed by atoms with Gasteiger partial charge in [-0.25, -0.2) is 8.78 Å². The molecule has 0 atom stereocenters. The summed E-state index contributed by atoms with van der Waals surface area (Å²) in [4.78, 5) is 10.3. The summed E-state index contributed by atoms with van der Waals surface area (Å²) in [5, 5.41) is 2.70. The second-order valence-corrected chi connectivity index (χ2v) is 3.59. The van der Waals surface area contributed by atoms with Gasteiger partial charge in [0.2, 0.25) is 5.91 Å². The molecule has 0 radical (unpaired) electrons. The standard InChI is InChI=1S/C7H12F2N2O/c1-6(11-2-5(10)12)3-7(8,9)4-6/h11H,2-4H2,1H3,(H2,10,12). The van der Waals surface area contributed by atoms with Gasteiger partial charge in [-0.1, -0.05) is 0 Å². The quantitative estimate of drug-likeness (QED) is 0.650. The van der Waals surface area contributed by atoms with Crippen molar-refractivity contribution in [3.8, 4) is 0 Å². The first-order valence-electron chi connectivity index (χ1n) is 3.74. The Bertz CT molecular complexity index is 198. The van der Waals surface area contributed by atoms with Crippen LogP contribution in [0, 0.1) is 0 Å². The second kappa shape index (κ2) is 2.65. The van der Waals surface area contributed by atoms with Crippen molar-refractivity contribution >= 4 is 5.91 Å². The molecule has 1 amide bonds. The zero-order chi connectivity index (χ0) is 9.41. The van der Waals surface area contributed by atoms with Gasteiger partial charge in [-0.2, -0.15) is 0 Å². The molecule has 1 aliphatic carbocycles. The van der Waals surface area contributed by atoms with E-state index in [-0.39, 0.29) is 19.4 Å². The van der Waals surface area contributed by atoms with Crippen molar-refractivity contribution in [3.05, 3.63) is 0 Å². The first-order valence-corrected chi connectivity index (χ1v) is 3.74. The van der Waals surface area contributed by atoms with Gasteiger partial charge in [0.15, 0.2) is 0 Å². The molecule has 1 aliphatic rings. The van der Waals surface area contributed by atoms with E-state index in [4.69, 9.17) is 5.73 Å². The molecule has 5 heteroatoms. The molecule has 0 aromatic heterocycles. The van der Waals surface area contributed by atoms with Gasteiger partial charge in [0, 0.05) is 18.4 Å². The van der Waals surface area contributed by atoms with Crippen LogP contribution in [-0.2, 0) is 4.79 Å². The van der Waals surface area contributed by atoms with Crippen LogP contribution in [0.5, 0.6) is 0 Å². The fraction of sp³-hybridized carbons (Fsp3) is 0.857. The summed E-state index contributed by atoms with van der Waals surface area (Å²) < 4.78 is 24.8. The summed E-state index contributed by atoms with van der Waals surface area (Å²) in [5.74, 6) is -3.09. The highest BCUT2D eigenvalue weighted by Crippen LogP contribution is 2.44. The van der Waals surface area contributed by atoms with E-state index in [9.17, 15) is 13.6 Å². The van der Waals surface area contributed by atoms with E-state index in [2.05, 4.69) is 5.32 Å². The number of amides is 1. The second-order valence-electron chi connectivity index (χ2n) is 3.59. The lowest BCUT2D eigenvalue weighted by atomic mass is 9.75. The normalized spacial score (nSPS) is 24.6. The lowest BCUT2D eigenvalue weighted by molar-refractivity contribution is -0.133. The van der Waals surface area contributed by atoms with Gasteiger partial charge in [0.1, 0.15) is 0 Å². The molecule has 0 heterocycles. The topological polar surface area (TPSA) is 55.1 Å². The van der Waals surface area contributed by atoms with Crippen LogP contribution in [0.3, 0.4) is 0 Å². The molecule has 0 saturated heterocycles. The van der Waals surface area contributed by atoms with Crippen LogP contribution in [-0.4, -0.2) is 23.9 Å². The van der Waals surface area contributed by atoms with Crippen molar-refractivity contribution in [2.75, 3.05) is 6.54 Å². The number of hydrogen-bond acceptors (Lipinski definition) is 2. The number of halogens is 2. The van der Waals surface area contributed by atoms with Crippen LogP contribution in [0.2, 0.25) is 0 Å². The number of hydrogen-bond donors (Lipinski definition) is 2. The van der Waals surface area contributed by atoms with Crippen molar-refractivity contribution in [3.63, 3.8) is 0 Å². The van der Waals surface area contributed by atoms with Crippen molar-refractivity contribution in [2.24, 2.45) is 5.73 Å². The third kappa shape index (κ3) is 2.14. The van der Waals surface area contributed by atoms with E-state index < -0.39 is 17.4 Å². The first kappa shape index (κ1) is 9.38. The third-order valence-electron chi connectivity index (χ3n) is 1.99.